The first-order chi connectivity index (χ1) is 23.7. The third-order valence-electron chi connectivity index (χ3n) is 8.66. The summed E-state index contributed by atoms with van der Waals surface area (Å²) in [4.78, 5) is 78.6. The second-order valence-corrected chi connectivity index (χ2v) is 12.2. The maximum atomic E-state index is 13.9. The molecule has 3 saturated heterocycles. The van der Waals surface area contributed by atoms with E-state index in [9.17, 15) is 28.8 Å². The largest absolute Gasteiger partial charge is 0.433 e. The average Bonchev–Trinajstić information content (AvgIpc) is 3.41. The van der Waals surface area contributed by atoms with Crippen molar-refractivity contribution in [3.8, 4) is 0 Å². The van der Waals surface area contributed by atoms with Crippen molar-refractivity contribution >= 4 is 41.2 Å². The van der Waals surface area contributed by atoms with Gasteiger partial charge in [0.2, 0.25) is 24.0 Å². The van der Waals surface area contributed by atoms with Gasteiger partial charge in [0, 0.05) is 24.2 Å². The van der Waals surface area contributed by atoms with Crippen molar-refractivity contribution in [1.29, 1.82) is 0 Å². The summed E-state index contributed by atoms with van der Waals surface area (Å²) in [6.07, 6.45) is -0.125. The second-order valence-electron chi connectivity index (χ2n) is 12.2. The second kappa shape index (κ2) is 15.1. The summed E-state index contributed by atoms with van der Waals surface area (Å²) in [6, 6.07) is 22.0. The zero-order valence-corrected chi connectivity index (χ0v) is 26.7. The summed E-state index contributed by atoms with van der Waals surface area (Å²) < 4.78 is 11.1. The van der Waals surface area contributed by atoms with Gasteiger partial charge in [-0.1, -0.05) is 60.7 Å². The van der Waals surface area contributed by atoms with Gasteiger partial charge in [-0.25, -0.2) is 5.01 Å². The van der Waals surface area contributed by atoms with Gasteiger partial charge >= 0.3 is 5.97 Å². The van der Waals surface area contributed by atoms with Crippen molar-refractivity contribution in [2.75, 3.05) is 11.9 Å². The molecule has 13 nitrogen and oxygen atoms in total. The smallest absolute Gasteiger partial charge is 0.310 e. The normalized spacial score (nSPS) is 22.1. The number of carbonyl (C=O) groups is 6. The molecule has 3 heterocycles. The monoisotopic (exact) mass is 667 g/mol. The Morgan fingerprint density at radius 3 is 2.24 bits per heavy atom. The number of benzene rings is 3. The van der Waals surface area contributed by atoms with Gasteiger partial charge in [-0.3, -0.25) is 33.8 Å². The molecule has 3 N–H and O–H groups in total. The zero-order valence-electron chi connectivity index (χ0n) is 26.7. The highest BCUT2D eigenvalue weighted by molar-refractivity contribution is 6.00. The van der Waals surface area contributed by atoms with E-state index in [1.807, 2.05) is 60.7 Å². The summed E-state index contributed by atoms with van der Waals surface area (Å²) in [5.41, 5.74) is 2.49. The molecule has 4 unspecified atom stereocenters. The summed E-state index contributed by atoms with van der Waals surface area (Å²) in [6.45, 7) is 0.411. The molecule has 0 bridgehead atoms. The first-order valence-corrected chi connectivity index (χ1v) is 16.3. The summed E-state index contributed by atoms with van der Waals surface area (Å²) in [5.74, 6) is -2.75. The highest BCUT2D eigenvalue weighted by Crippen LogP contribution is 2.26. The van der Waals surface area contributed by atoms with Crippen LogP contribution in [0, 0.1) is 0 Å². The van der Waals surface area contributed by atoms with E-state index in [-0.39, 0.29) is 62.6 Å². The fourth-order valence-electron chi connectivity index (χ4n) is 6.18. The number of anilines is 1. The molecular formula is C36H37N5O8. The van der Waals surface area contributed by atoms with Crippen LogP contribution in [-0.2, 0) is 46.5 Å². The molecule has 3 fully saturated rings. The number of rotatable bonds is 10. The average molecular weight is 668 g/mol. The van der Waals surface area contributed by atoms with E-state index in [0.29, 0.717) is 12.1 Å². The van der Waals surface area contributed by atoms with Crippen molar-refractivity contribution in [3.63, 3.8) is 0 Å². The lowest BCUT2D eigenvalue weighted by Gasteiger charge is -2.43. The Labute approximate surface area is 282 Å². The molecule has 6 rings (SSSR count). The molecule has 3 aromatic rings. The van der Waals surface area contributed by atoms with Crippen molar-refractivity contribution < 1.29 is 38.2 Å². The summed E-state index contributed by atoms with van der Waals surface area (Å²) in [5, 5.41) is 10.8. The van der Waals surface area contributed by atoms with E-state index in [2.05, 4.69) is 16.0 Å². The predicted molar refractivity (Wildman–Crippen MR) is 175 cm³/mol. The fourth-order valence-corrected chi connectivity index (χ4v) is 6.18. The van der Waals surface area contributed by atoms with E-state index in [4.69, 9.17) is 9.47 Å². The summed E-state index contributed by atoms with van der Waals surface area (Å²) >= 11 is 0. The Morgan fingerprint density at radius 1 is 0.837 bits per heavy atom. The Balaban J connectivity index is 1.09. The van der Waals surface area contributed by atoms with Gasteiger partial charge in [-0.2, -0.15) is 0 Å². The van der Waals surface area contributed by atoms with E-state index in [1.165, 1.54) is 17.1 Å². The molecule has 13 heteroatoms. The first-order valence-electron chi connectivity index (χ1n) is 16.3. The maximum Gasteiger partial charge on any atom is 0.310 e. The Bertz CT molecular complexity index is 1700. The number of carbonyl (C=O) groups excluding carboxylic acids is 6. The number of cyclic esters (lactones) is 1. The van der Waals surface area contributed by atoms with Crippen LogP contribution < -0.4 is 16.0 Å². The van der Waals surface area contributed by atoms with Crippen molar-refractivity contribution in [3.05, 3.63) is 102 Å². The summed E-state index contributed by atoms with van der Waals surface area (Å²) in [7, 11) is 0. The zero-order chi connectivity index (χ0) is 34.3. The van der Waals surface area contributed by atoms with Crippen LogP contribution in [0.1, 0.15) is 53.6 Å². The standard InChI is InChI=1S/C36H37N5O8/c42-30(20-23-8-3-1-4-9-23)37-26-15-13-25(14-16-26)33(45)38-27-17-18-31(43)40-19-7-12-29(41(40)35(27)47)34(46)39-28-21-32(44)49-36(28)48-22-24-10-5-2-6-11-24/h1-6,8-11,13-16,27-29,36H,7,12,17-22H2,(H,37,42)(H,38,45)(H,39,46). The number of nitrogens with zero attached hydrogens (tertiary/aromatic N) is 2. The van der Waals surface area contributed by atoms with Crippen LogP contribution in [0.15, 0.2) is 84.9 Å². The third-order valence-corrected chi connectivity index (χ3v) is 8.66. The van der Waals surface area contributed by atoms with E-state index in [1.54, 1.807) is 12.1 Å². The Kier molecular flexibility index (Phi) is 10.3. The molecule has 0 aliphatic carbocycles. The molecule has 3 aromatic carbocycles. The molecule has 0 radical (unpaired) electrons. The number of hydrogen-bond donors (Lipinski definition) is 3. The molecule has 3 aliphatic rings. The Morgan fingerprint density at radius 2 is 1.53 bits per heavy atom. The van der Waals surface area contributed by atoms with Gasteiger partial charge in [0.05, 0.1) is 19.4 Å². The van der Waals surface area contributed by atoms with Gasteiger partial charge in [-0.05, 0) is 54.7 Å². The highest BCUT2D eigenvalue weighted by atomic mass is 16.7. The molecule has 0 aromatic heterocycles. The van der Waals surface area contributed by atoms with Crippen LogP contribution in [0.4, 0.5) is 5.69 Å². The van der Waals surface area contributed by atoms with Crippen LogP contribution in [0.3, 0.4) is 0 Å². The van der Waals surface area contributed by atoms with E-state index < -0.39 is 48.1 Å². The topological polar surface area (TPSA) is 163 Å². The fraction of sp³-hybridized carbons (Fsp3) is 0.333. The van der Waals surface area contributed by atoms with Gasteiger partial charge in [0.1, 0.15) is 18.1 Å². The molecule has 0 saturated carbocycles. The van der Waals surface area contributed by atoms with Crippen LogP contribution in [0.25, 0.3) is 0 Å². The minimum Gasteiger partial charge on any atom is -0.433 e. The minimum atomic E-state index is -1.07. The molecule has 0 spiro atoms. The lowest BCUT2D eigenvalue weighted by atomic mass is 10.0. The van der Waals surface area contributed by atoms with Gasteiger partial charge < -0.3 is 25.4 Å². The van der Waals surface area contributed by atoms with Crippen LogP contribution in [0.5, 0.6) is 0 Å². The lowest BCUT2D eigenvalue weighted by Crippen LogP contribution is -2.64. The number of hydrazine groups is 1. The van der Waals surface area contributed by atoms with Crippen LogP contribution in [-0.4, -0.2) is 76.5 Å². The molecule has 49 heavy (non-hydrogen) atoms. The van der Waals surface area contributed by atoms with E-state index >= 15 is 0 Å². The predicted octanol–water partition coefficient (Wildman–Crippen LogP) is 2.47. The number of nitrogens with one attached hydrogen (secondary N) is 3. The SMILES string of the molecule is O=C(Cc1ccccc1)Nc1ccc(C(=O)NC2CCC(=O)N3CCCC(C(=O)NC4CC(=O)OC4OCc4ccccc4)N3C2=O)cc1. The van der Waals surface area contributed by atoms with Gasteiger partial charge in [0.25, 0.3) is 11.8 Å². The highest BCUT2D eigenvalue weighted by Gasteiger charge is 2.46. The van der Waals surface area contributed by atoms with Crippen molar-refractivity contribution in [1.82, 2.24) is 20.7 Å². The van der Waals surface area contributed by atoms with Crippen molar-refractivity contribution in [2.24, 2.45) is 0 Å². The minimum absolute atomic E-state index is 0.00568. The maximum absolute atomic E-state index is 13.9. The number of ether oxygens (including phenoxy) is 2. The number of esters is 1. The third kappa shape index (κ3) is 8.12. The molecular weight excluding hydrogens is 630 g/mol. The van der Waals surface area contributed by atoms with Gasteiger partial charge in [-0.15, -0.1) is 0 Å². The van der Waals surface area contributed by atoms with E-state index in [0.717, 1.165) is 16.1 Å². The molecule has 5 amide bonds. The first kappa shape index (κ1) is 33.3. The number of hydrogen-bond acceptors (Lipinski definition) is 8. The van der Waals surface area contributed by atoms with Crippen molar-refractivity contribution in [2.45, 2.75) is 69.5 Å². The quantitative estimate of drug-likeness (QED) is 0.278. The lowest BCUT2D eigenvalue weighted by molar-refractivity contribution is -0.177. The molecule has 254 valence electrons. The van der Waals surface area contributed by atoms with Gasteiger partial charge in [0.15, 0.2) is 0 Å². The number of fused-ring (bicyclic) bond motifs is 1. The molecule has 3 aliphatic heterocycles. The Hall–Kier alpha value is -5.56. The number of amides is 5. The van der Waals surface area contributed by atoms with Crippen LogP contribution >= 0.6 is 0 Å². The van der Waals surface area contributed by atoms with Crippen LogP contribution in [0.2, 0.25) is 0 Å². The molecule has 4 atom stereocenters.